The number of hydrogen-bond acceptors (Lipinski definition) is 4. The molecule has 2 unspecified atom stereocenters. The largest absolute Gasteiger partial charge is 0.489 e. The van der Waals surface area contributed by atoms with E-state index >= 15 is 0 Å². The number of ether oxygens (including phenoxy) is 1. The molecule has 0 bridgehead atoms. The summed E-state index contributed by atoms with van der Waals surface area (Å²) in [6, 6.07) is 11.7. The van der Waals surface area contributed by atoms with E-state index in [0.29, 0.717) is 12.4 Å². The van der Waals surface area contributed by atoms with Crippen molar-refractivity contribution < 1.29 is 13.9 Å². The molecule has 5 heteroatoms. The lowest BCUT2D eigenvalue weighted by Gasteiger charge is -2.30. The molecule has 2 atom stereocenters. The van der Waals surface area contributed by atoms with Crippen LogP contribution in [0.4, 0.5) is 0 Å². The zero-order chi connectivity index (χ0) is 16.1. The first-order valence-electron chi connectivity index (χ1n) is 8.02. The van der Waals surface area contributed by atoms with E-state index < -0.39 is 0 Å². The fourth-order valence-electron chi connectivity index (χ4n) is 2.80. The molecule has 0 saturated carbocycles. The fourth-order valence-corrected chi connectivity index (χ4v) is 2.80. The van der Waals surface area contributed by atoms with Gasteiger partial charge < -0.3 is 19.8 Å². The van der Waals surface area contributed by atoms with Crippen LogP contribution in [0.3, 0.4) is 0 Å². The summed E-state index contributed by atoms with van der Waals surface area (Å²) >= 11 is 0. The first-order chi connectivity index (χ1) is 11.2. The number of hydrogen-bond donors (Lipinski definition) is 2. The molecule has 0 aliphatic carbocycles. The normalized spacial score (nSPS) is 20.9. The Hall–Kier alpha value is -2.27. The van der Waals surface area contributed by atoms with E-state index in [-0.39, 0.29) is 18.0 Å². The van der Waals surface area contributed by atoms with Gasteiger partial charge in [0.2, 0.25) is 0 Å². The zero-order valence-corrected chi connectivity index (χ0v) is 13.2. The lowest BCUT2D eigenvalue weighted by Crippen LogP contribution is -2.51. The third-order valence-corrected chi connectivity index (χ3v) is 4.17. The highest BCUT2D eigenvalue weighted by atomic mass is 16.5. The smallest absolute Gasteiger partial charge is 0.287 e. The number of rotatable bonds is 5. The van der Waals surface area contributed by atoms with Gasteiger partial charge in [-0.15, -0.1) is 0 Å². The van der Waals surface area contributed by atoms with Crippen LogP contribution in [0.2, 0.25) is 0 Å². The van der Waals surface area contributed by atoms with Gasteiger partial charge in [0.1, 0.15) is 12.4 Å². The van der Waals surface area contributed by atoms with Crippen LogP contribution in [0.1, 0.15) is 35.9 Å². The van der Waals surface area contributed by atoms with Crippen molar-refractivity contribution in [2.24, 2.45) is 0 Å². The molecular formula is C18H22N2O3. The van der Waals surface area contributed by atoms with Crippen LogP contribution in [0.15, 0.2) is 47.1 Å². The maximum absolute atomic E-state index is 12.5. The Morgan fingerprint density at radius 2 is 2.17 bits per heavy atom. The average Bonchev–Trinajstić information content (AvgIpc) is 3.05. The first kappa shape index (κ1) is 15.6. The Kier molecular flexibility index (Phi) is 4.98. The molecule has 1 aromatic heterocycles. The topological polar surface area (TPSA) is 63.5 Å². The molecular weight excluding hydrogens is 292 g/mol. The molecule has 1 aliphatic heterocycles. The minimum Gasteiger partial charge on any atom is -0.489 e. The van der Waals surface area contributed by atoms with E-state index in [9.17, 15) is 4.79 Å². The Balaban J connectivity index is 1.62. The van der Waals surface area contributed by atoms with Crippen LogP contribution < -0.4 is 15.4 Å². The summed E-state index contributed by atoms with van der Waals surface area (Å²) in [5, 5.41) is 6.43. The van der Waals surface area contributed by atoms with Gasteiger partial charge in [-0.05, 0) is 44.5 Å². The van der Waals surface area contributed by atoms with Gasteiger partial charge in [0.15, 0.2) is 5.76 Å². The van der Waals surface area contributed by atoms with Gasteiger partial charge in [-0.25, -0.2) is 0 Å². The third-order valence-electron chi connectivity index (χ3n) is 4.17. The maximum Gasteiger partial charge on any atom is 0.287 e. The van der Waals surface area contributed by atoms with Crippen LogP contribution >= 0.6 is 0 Å². The van der Waals surface area contributed by atoms with Crippen molar-refractivity contribution in [3.05, 3.63) is 54.0 Å². The van der Waals surface area contributed by atoms with Gasteiger partial charge in [0, 0.05) is 17.6 Å². The molecule has 1 fully saturated rings. The van der Waals surface area contributed by atoms with E-state index in [1.54, 1.807) is 6.07 Å². The molecule has 0 spiro atoms. The van der Waals surface area contributed by atoms with Crippen molar-refractivity contribution in [1.82, 2.24) is 10.6 Å². The highest BCUT2D eigenvalue weighted by Gasteiger charge is 2.25. The van der Waals surface area contributed by atoms with Crippen LogP contribution in [-0.2, 0) is 6.61 Å². The molecule has 2 aromatic rings. The third kappa shape index (κ3) is 3.93. The van der Waals surface area contributed by atoms with Crippen molar-refractivity contribution in [2.75, 3.05) is 6.54 Å². The van der Waals surface area contributed by atoms with Crippen molar-refractivity contribution in [3.8, 4) is 5.75 Å². The number of nitrogens with one attached hydrogen (secondary N) is 2. The zero-order valence-electron chi connectivity index (χ0n) is 13.2. The monoisotopic (exact) mass is 314 g/mol. The van der Waals surface area contributed by atoms with Gasteiger partial charge >= 0.3 is 0 Å². The van der Waals surface area contributed by atoms with Crippen LogP contribution in [0.5, 0.6) is 5.75 Å². The summed E-state index contributed by atoms with van der Waals surface area (Å²) in [7, 11) is 0. The minimum atomic E-state index is -0.179. The van der Waals surface area contributed by atoms with Crippen molar-refractivity contribution in [2.45, 2.75) is 38.5 Å². The summed E-state index contributed by atoms with van der Waals surface area (Å²) in [5.74, 6) is 0.922. The molecule has 1 saturated heterocycles. The van der Waals surface area contributed by atoms with E-state index in [1.807, 2.05) is 30.3 Å². The minimum absolute atomic E-state index is 0.129. The lowest BCUT2D eigenvalue weighted by molar-refractivity contribution is 0.0888. The quantitative estimate of drug-likeness (QED) is 0.891. The molecule has 23 heavy (non-hydrogen) atoms. The molecule has 2 N–H and O–H groups in total. The molecule has 0 radical (unpaired) electrons. The van der Waals surface area contributed by atoms with Gasteiger partial charge in [0.25, 0.3) is 5.91 Å². The maximum atomic E-state index is 12.5. The van der Waals surface area contributed by atoms with Gasteiger partial charge in [0.05, 0.1) is 6.26 Å². The molecule has 1 aromatic carbocycles. The SMILES string of the molecule is CC1NCCCC1NC(=O)c1occc1COc1ccccc1. The first-order valence-corrected chi connectivity index (χ1v) is 8.02. The summed E-state index contributed by atoms with van der Waals surface area (Å²) < 4.78 is 11.1. The van der Waals surface area contributed by atoms with Crippen molar-refractivity contribution in [1.29, 1.82) is 0 Å². The number of carbonyl (C=O) groups is 1. The number of amides is 1. The van der Waals surface area contributed by atoms with E-state index in [4.69, 9.17) is 9.15 Å². The summed E-state index contributed by atoms with van der Waals surface area (Å²) in [6.07, 6.45) is 3.58. The fraction of sp³-hybridized carbons (Fsp3) is 0.389. The number of piperidine rings is 1. The summed E-state index contributed by atoms with van der Waals surface area (Å²) in [5.41, 5.74) is 0.753. The van der Waals surface area contributed by atoms with E-state index in [1.165, 1.54) is 6.26 Å². The van der Waals surface area contributed by atoms with Crippen LogP contribution in [0.25, 0.3) is 0 Å². The Morgan fingerprint density at radius 3 is 2.96 bits per heavy atom. The summed E-state index contributed by atoms with van der Waals surface area (Å²) in [4.78, 5) is 12.5. The second kappa shape index (κ2) is 7.33. The lowest BCUT2D eigenvalue weighted by atomic mass is 10.00. The molecule has 1 aliphatic rings. The molecule has 3 rings (SSSR count). The number of carbonyl (C=O) groups excluding carboxylic acids is 1. The average molecular weight is 314 g/mol. The summed E-state index contributed by atoms with van der Waals surface area (Å²) in [6.45, 7) is 3.40. The van der Waals surface area contributed by atoms with Gasteiger partial charge in [-0.3, -0.25) is 4.79 Å². The van der Waals surface area contributed by atoms with Gasteiger partial charge in [-0.1, -0.05) is 18.2 Å². The Labute approximate surface area is 136 Å². The number of furan rings is 1. The van der Waals surface area contributed by atoms with Crippen molar-refractivity contribution >= 4 is 5.91 Å². The Morgan fingerprint density at radius 1 is 1.35 bits per heavy atom. The Bertz CT molecular complexity index is 639. The predicted molar refractivity (Wildman–Crippen MR) is 87.4 cm³/mol. The molecule has 1 amide bonds. The van der Waals surface area contributed by atoms with E-state index in [0.717, 1.165) is 30.7 Å². The molecule has 5 nitrogen and oxygen atoms in total. The van der Waals surface area contributed by atoms with Crippen LogP contribution in [-0.4, -0.2) is 24.5 Å². The number of para-hydroxylation sites is 1. The molecule has 122 valence electrons. The van der Waals surface area contributed by atoms with Crippen LogP contribution in [0, 0.1) is 0 Å². The highest BCUT2D eigenvalue weighted by Crippen LogP contribution is 2.17. The number of benzene rings is 1. The van der Waals surface area contributed by atoms with Gasteiger partial charge in [-0.2, -0.15) is 0 Å². The van der Waals surface area contributed by atoms with Crippen molar-refractivity contribution in [3.63, 3.8) is 0 Å². The highest BCUT2D eigenvalue weighted by molar-refractivity contribution is 5.93. The molecule has 2 heterocycles. The standard InChI is InChI=1S/C18H22N2O3/c1-13-16(8-5-10-19-13)20-18(21)17-14(9-11-22-17)12-23-15-6-3-2-4-7-15/h2-4,6-7,9,11,13,16,19H,5,8,10,12H2,1H3,(H,20,21). The predicted octanol–water partition coefficient (Wildman–Crippen LogP) is 2.73. The van der Waals surface area contributed by atoms with E-state index in [2.05, 4.69) is 17.6 Å². The second-order valence-electron chi connectivity index (χ2n) is 5.84. The second-order valence-corrected chi connectivity index (χ2v) is 5.84.